The van der Waals surface area contributed by atoms with E-state index in [0.29, 0.717) is 12.3 Å². The normalized spacial score (nSPS) is 10.4. The van der Waals surface area contributed by atoms with E-state index < -0.39 is 0 Å². The molecular formula is C17H20N2OS. The summed E-state index contributed by atoms with van der Waals surface area (Å²) in [6.45, 7) is 4.76. The van der Waals surface area contributed by atoms with E-state index in [1.54, 1.807) is 18.0 Å². The second-order valence-corrected chi connectivity index (χ2v) is 6.00. The van der Waals surface area contributed by atoms with Crippen molar-refractivity contribution >= 4 is 17.7 Å². The lowest BCUT2D eigenvalue weighted by Gasteiger charge is -2.07. The van der Waals surface area contributed by atoms with Crippen LogP contribution in [0, 0.1) is 13.8 Å². The first-order chi connectivity index (χ1) is 10.1. The first-order valence-corrected chi connectivity index (χ1v) is 8.00. The highest BCUT2D eigenvalue weighted by atomic mass is 32.2. The van der Waals surface area contributed by atoms with Gasteiger partial charge in [-0.25, -0.2) is 0 Å². The number of pyridine rings is 1. The number of aromatic nitrogens is 1. The highest BCUT2D eigenvalue weighted by Crippen LogP contribution is 2.23. The highest BCUT2D eigenvalue weighted by Gasteiger charge is 2.05. The molecule has 0 spiro atoms. The molecule has 110 valence electrons. The zero-order valence-electron chi connectivity index (χ0n) is 12.4. The standard InChI is InChI=1S/C17H20N2OS/c1-13-6-7-14(2)16(11-13)21-12-17(20)19-10-8-15-5-3-4-9-18-15/h3-7,9,11H,8,10,12H2,1-2H3,(H,19,20). The van der Waals surface area contributed by atoms with Crippen LogP contribution in [-0.2, 0) is 11.2 Å². The van der Waals surface area contributed by atoms with Gasteiger partial charge in [-0.2, -0.15) is 0 Å². The lowest BCUT2D eigenvalue weighted by atomic mass is 10.2. The van der Waals surface area contributed by atoms with Crippen LogP contribution in [0.1, 0.15) is 16.8 Å². The van der Waals surface area contributed by atoms with Crippen molar-refractivity contribution in [3.63, 3.8) is 0 Å². The fourth-order valence-electron chi connectivity index (χ4n) is 1.93. The Morgan fingerprint density at radius 3 is 2.86 bits per heavy atom. The van der Waals surface area contributed by atoms with Crippen LogP contribution in [0.5, 0.6) is 0 Å². The van der Waals surface area contributed by atoms with Crippen molar-refractivity contribution in [2.24, 2.45) is 0 Å². The van der Waals surface area contributed by atoms with Crippen molar-refractivity contribution < 1.29 is 4.79 Å². The van der Waals surface area contributed by atoms with Crippen LogP contribution in [0.15, 0.2) is 47.5 Å². The zero-order chi connectivity index (χ0) is 15.1. The molecule has 0 bridgehead atoms. The molecule has 0 aliphatic heterocycles. The summed E-state index contributed by atoms with van der Waals surface area (Å²) in [7, 11) is 0. The van der Waals surface area contributed by atoms with Gasteiger partial charge < -0.3 is 5.32 Å². The Morgan fingerprint density at radius 2 is 2.10 bits per heavy atom. The monoisotopic (exact) mass is 300 g/mol. The Balaban J connectivity index is 1.74. The summed E-state index contributed by atoms with van der Waals surface area (Å²) in [5, 5.41) is 2.94. The number of hydrogen-bond donors (Lipinski definition) is 1. The average molecular weight is 300 g/mol. The molecule has 0 saturated carbocycles. The minimum atomic E-state index is 0.0665. The molecule has 0 atom stereocenters. The number of benzene rings is 1. The smallest absolute Gasteiger partial charge is 0.230 e. The van der Waals surface area contributed by atoms with Gasteiger partial charge in [0.25, 0.3) is 0 Å². The lowest BCUT2D eigenvalue weighted by Crippen LogP contribution is -2.27. The number of hydrogen-bond acceptors (Lipinski definition) is 3. The van der Waals surface area contributed by atoms with Crippen LogP contribution in [0.3, 0.4) is 0 Å². The van der Waals surface area contributed by atoms with E-state index in [9.17, 15) is 4.79 Å². The molecular weight excluding hydrogens is 280 g/mol. The molecule has 0 radical (unpaired) electrons. The SMILES string of the molecule is Cc1ccc(C)c(SCC(=O)NCCc2ccccn2)c1. The van der Waals surface area contributed by atoms with Crippen LogP contribution in [-0.4, -0.2) is 23.2 Å². The van der Waals surface area contributed by atoms with Crippen LogP contribution in [0.25, 0.3) is 0 Å². The molecule has 3 nitrogen and oxygen atoms in total. The molecule has 2 rings (SSSR count). The first-order valence-electron chi connectivity index (χ1n) is 7.02. The lowest BCUT2D eigenvalue weighted by molar-refractivity contribution is -0.118. The summed E-state index contributed by atoms with van der Waals surface area (Å²) in [6.07, 6.45) is 2.54. The van der Waals surface area contributed by atoms with Crippen LogP contribution in [0.2, 0.25) is 0 Å². The molecule has 0 aliphatic rings. The van der Waals surface area contributed by atoms with E-state index in [1.807, 2.05) is 18.2 Å². The van der Waals surface area contributed by atoms with Crippen molar-refractivity contribution in [1.82, 2.24) is 10.3 Å². The minimum absolute atomic E-state index is 0.0665. The summed E-state index contributed by atoms with van der Waals surface area (Å²) in [5.41, 5.74) is 3.44. The Bertz CT molecular complexity index is 599. The fraction of sp³-hybridized carbons (Fsp3) is 0.294. The van der Waals surface area contributed by atoms with E-state index in [0.717, 1.165) is 12.1 Å². The van der Waals surface area contributed by atoms with Gasteiger partial charge in [0.2, 0.25) is 5.91 Å². The first kappa shape index (κ1) is 15.6. The molecule has 1 amide bonds. The summed E-state index contributed by atoms with van der Waals surface area (Å²) in [5.74, 6) is 0.517. The Labute approximate surface area is 130 Å². The maximum absolute atomic E-state index is 11.9. The molecule has 21 heavy (non-hydrogen) atoms. The van der Waals surface area contributed by atoms with Gasteiger partial charge in [0.15, 0.2) is 0 Å². The van der Waals surface area contributed by atoms with Gasteiger partial charge in [-0.05, 0) is 37.6 Å². The van der Waals surface area contributed by atoms with Crippen LogP contribution < -0.4 is 5.32 Å². The molecule has 1 heterocycles. The van der Waals surface area contributed by atoms with Gasteiger partial charge in [0, 0.05) is 29.8 Å². The van der Waals surface area contributed by atoms with Crippen molar-refractivity contribution in [2.45, 2.75) is 25.2 Å². The van der Waals surface area contributed by atoms with Gasteiger partial charge in [0.05, 0.1) is 5.75 Å². The highest BCUT2D eigenvalue weighted by molar-refractivity contribution is 8.00. The largest absolute Gasteiger partial charge is 0.355 e. The number of carbonyl (C=O) groups is 1. The third-order valence-corrected chi connectivity index (χ3v) is 4.29. The van der Waals surface area contributed by atoms with E-state index in [-0.39, 0.29) is 5.91 Å². The van der Waals surface area contributed by atoms with Crippen molar-refractivity contribution in [3.05, 3.63) is 59.4 Å². The number of amides is 1. The molecule has 0 aliphatic carbocycles. The van der Waals surface area contributed by atoms with Crippen LogP contribution >= 0.6 is 11.8 Å². The predicted molar refractivity (Wildman–Crippen MR) is 87.6 cm³/mol. The van der Waals surface area contributed by atoms with Crippen LogP contribution in [0.4, 0.5) is 0 Å². The van der Waals surface area contributed by atoms with Gasteiger partial charge in [0.1, 0.15) is 0 Å². The topological polar surface area (TPSA) is 42.0 Å². The summed E-state index contributed by atoms with van der Waals surface area (Å²) in [4.78, 5) is 17.3. The summed E-state index contributed by atoms with van der Waals surface area (Å²) < 4.78 is 0. The predicted octanol–water partition coefficient (Wildman–Crippen LogP) is 3.15. The molecule has 1 aromatic heterocycles. The maximum atomic E-state index is 11.9. The third-order valence-electron chi connectivity index (χ3n) is 3.13. The van der Waals surface area contributed by atoms with Gasteiger partial charge in [-0.1, -0.05) is 23.8 Å². The van der Waals surface area contributed by atoms with Crippen molar-refractivity contribution in [1.29, 1.82) is 0 Å². The maximum Gasteiger partial charge on any atom is 0.230 e. The summed E-state index contributed by atoms with van der Waals surface area (Å²) in [6, 6.07) is 12.1. The van der Waals surface area contributed by atoms with Crippen molar-refractivity contribution in [2.75, 3.05) is 12.3 Å². The Kier molecular flexibility index (Phi) is 5.81. The third kappa shape index (κ3) is 5.23. The molecule has 0 unspecified atom stereocenters. The van der Waals surface area contributed by atoms with E-state index in [4.69, 9.17) is 0 Å². The van der Waals surface area contributed by atoms with E-state index >= 15 is 0 Å². The average Bonchev–Trinajstić information content (AvgIpc) is 2.49. The molecule has 1 aromatic carbocycles. The number of aryl methyl sites for hydroxylation is 2. The molecule has 2 aromatic rings. The van der Waals surface area contributed by atoms with Gasteiger partial charge in [-0.3, -0.25) is 9.78 Å². The van der Waals surface area contributed by atoms with E-state index in [1.165, 1.54) is 16.0 Å². The Hall–Kier alpha value is -1.81. The second kappa shape index (κ2) is 7.84. The summed E-state index contributed by atoms with van der Waals surface area (Å²) >= 11 is 1.59. The van der Waals surface area contributed by atoms with Gasteiger partial charge >= 0.3 is 0 Å². The molecule has 0 saturated heterocycles. The molecule has 4 heteroatoms. The number of nitrogens with zero attached hydrogens (tertiary/aromatic N) is 1. The minimum Gasteiger partial charge on any atom is -0.355 e. The second-order valence-electron chi connectivity index (χ2n) is 4.98. The quantitative estimate of drug-likeness (QED) is 0.833. The zero-order valence-corrected chi connectivity index (χ0v) is 13.2. The number of rotatable bonds is 6. The fourth-order valence-corrected chi connectivity index (χ4v) is 2.89. The number of nitrogens with one attached hydrogen (secondary N) is 1. The van der Waals surface area contributed by atoms with Gasteiger partial charge in [-0.15, -0.1) is 11.8 Å². The molecule has 0 fully saturated rings. The van der Waals surface area contributed by atoms with E-state index in [2.05, 4.69) is 42.3 Å². The van der Waals surface area contributed by atoms with Crippen molar-refractivity contribution in [3.8, 4) is 0 Å². The Morgan fingerprint density at radius 1 is 1.24 bits per heavy atom. The molecule has 1 N–H and O–H groups in total. The number of carbonyl (C=O) groups excluding carboxylic acids is 1. The number of thioether (sulfide) groups is 1.